The van der Waals surface area contributed by atoms with E-state index in [1.807, 2.05) is 0 Å². The second-order valence-electron chi connectivity index (χ2n) is 6.49. The van der Waals surface area contributed by atoms with Crippen LogP contribution in [0.1, 0.15) is 117 Å². The van der Waals surface area contributed by atoms with Crippen molar-refractivity contribution in [1.82, 2.24) is 0 Å². The molecule has 0 fully saturated rings. The number of carboxylic acid groups (broad SMARTS) is 2. The van der Waals surface area contributed by atoms with Crippen molar-refractivity contribution in [1.29, 1.82) is 0 Å². The number of rotatable bonds is 16. The van der Waals surface area contributed by atoms with E-state index in [4.69, 9.17) is 0 Å². The van der Waals surface area contributed by atoms with Crippen LogP contribution in [0.3, 0.4) is 0 Å². The van der Waals surface area contributed by atoms with E-state index in [2.05, 4.69) is 13.8 Å². The summed E-state index contributed by atoms with van der Waals surface area (Å²) in [5, 5.41) is 20.0. The van der Waals surface area contributed by atoms with Gasteiger partial charge in [0, 0.05) is 11.9 Å². The largest absolute Gasteiger partial charge is 1.00 e. The normalized spacial score (nSPS) is 9.31. The number of aliphatic carboxylic acids is 2. The molecule has 152 valence electrons. The number of carbonyl (C=O) groups excluding carboxylic acids is 2. The fourth-order valence-corrected chi connectivity index (χ4v) is 2.45. The maximum absolute atomic E-state index is 10.0. The van der Waals surface area contributed by atoms with Gasteiger partial charge in [0.2, 0.25) is 0 Å². The van der Waals surface area contributed by atoms with Crippen molar-refractivity contribution in [2.45, 2.75) is 117 Å². The minimum absolute atomic E-state index is 0. The minimum atomic E-state index is -0.913. The molecule has 0 heterocycles. The van der Waals surface area contributed by atoms with Crippen molar-refractivity contribution in [2.24, 2.45) is 0 Å². The van der Waals surface area contributed by atoms with E-state index in [0.717, 1.165) is 25.7 Å². The Hall–Kier alpha value is 0.230. The van der Waals surface area contributed by atoms with Gasteiger partial charge in [0.15, 0.2) is 0 Å². The van der Waals surface area contributed by atoms with E-state index in [9.17, 15) is 19.8 Å². The van der Waals surface area contributed by atoms with Gasteiger partial charge in [-0.1, -0.05) is 90.9 Å². The van der Waals surface area contributed by atoms with Crippen molar-refractivity contribution < 1.29 is 61.8 Å². The summed E-state index contributed by atoms with van der Waals surface area (Å²) in [5.74, 6) is -1.83. The molecule has 0 aromatic heterocycles. The summed E-state index contributed by atoms with van der Waals surface area (Å²) in [7, 11) is 0. The van der Waals surface area contributed by atoms with Gasteiger partial charge >= 0.3 is 29.6 Å². The zero-order valence-corrected chi connectivity index (χ0v) is 20.3. The van der Waals surface area contributed by atoms with Crippen molar-refractivity contribution in [3.05, 3.63) is 0 Å². The predicted molar refractivity (Wildman–Crippen MR) is 98.0 cm³/mol. The van der Waals surface area contributed by atoms with Crippen LogP contribution in [0.2, 0.25) is 0 Å². The van der Waals surface area contributed by atoms with E-state index >= 15 is 0 Å². The molecule has 0 atom stereocenters. The number of unbranched alkanes of at least 4 members (excludes halogenated alkanes) is 12. The van der Waals surface area contributed by atoms with E-state index in [1.165, 1.54) is 64.2 Å². The summed E-state index contributed by atoms with van der Waals surface area (Å²) in [6.07, 6.45) is 16.7. The van der Waals surface area contributed by atoms with Gasteiger partial charge < -0.3 is 19.8 Å². The van der Waals surface area contributed by atoms with Crippen LogP contribution in [0.5, 0.6) is 0 Å². The van der Waals surface area contributed by atoms with Gasteiger partial charge in [-0.05, 0) is 25.7 Å². The number of hydrogen-bond acceptors (Lipinski definition) is 4. The SMILES string of the molecule is CCCCCCCCCC(=O)[O-].CCCCCCCCCC(=O)[O-].[ClH2+].[Na+]. The van der Waals surface area contributed by atoms with Crippen LogP contribution in [0.15, 0.2) is 0 Å². The third-order valence-electron chi connectivity index (χ3n) is 3.97. The number of hydrogen-bond donors (Lipinski definition) is 0. The molecule has 0 spiro atoms. The first-order valence-electron chi connectivity index (χ1n) is 9.94. The van der Waals surface area contributed by atoms with Gasteiger partial charge in [-0.25, -0.2) is 0 Å². The molecule has 0 unspecified atom stereocenters. The quantitative estimate of drug-likeness (QED) is 0.273. The van der Waals surface area contributed by atoms with E-state index in [0.29, 0.717) is 0 Å². The molecular formula is C20H40ClNaO4. The fraction of sp³-hybridized carbons (Fsp3) is 0.900. The van der Waals surface area contributed by atoms with Crippen molar-refractivity contribution in [2.75, 3.05) is 0 Å². The van der Waals surface area contributed by atoms with Gasteiger partial charge in [0.1, 0.15) is 0 Å². The topological polar surface area (TPSA) is 80.3 Å². The van der Waals surface area contributed by atoms with Crippen molar-refractivity contribution in [3.8, 4) is 0 Å². The molecule has 0 aliphatic carbocycles. The predicted octanol–water partition coefficient (Wildman–Crippen LogP) is 0.223. The molecule has 26 heavy (non-hydrogen) atoms. The average Bonchev–Trinajstić information content (AvgIpc) is 2.53. The smallest absolute Gasteiger partial charge is 0.550 e. The molecule has 0 saturated carbocycles. The molecule has 4 nitrogen and oxygen atoms in total. The Labute approximate surface area is 189 Å². The first-order valence-corrected chi connectivity index (χ1v) is 9.94. The average molecular weight is 403 g/mol. The van der Waals surface area contributed by atoms with E-state index in [-0.39, 0.29) is 54.8 Å². The Morgan fingerprint density at radius 2 is 0.769 bits per heavy atom. The monoisotopic (exact) mass is 402 g/mol. The zero-order valence-electron chi connectivity index (χ0n) is 17.4. The molecule has 0 rings (SSSR count). The molecule has 0 aromatic carbocycles. The van der Waals surface area contributed by atoms with Gasteiger partial charge in [0.25, 0.3) is 0 Å². The van der Waals surface area contributed by atoms with Gasteiger partial charge in [-0.3, -0.25) is 0 Å². The van der Waals surface area contributed by atoms with Gasteiger partial charge in [-0.2, -0.15) is 0 Å². The van der Waals surface area contributed by atoms with Crippen LogP contribution < -0.4 is 39.8 Å². The Bertz CT molecular complexity index is 261. The Morgan fingerprint density at radius 3 is 1.00 bits per heavy atom. The molecule has 0 aliphatic heterocycles. The molecule has 0 saturated heterocycles. The summed E-state index contributed by atoms with van der Waals surface area (Å²) in [4.78, 5) is 20.0. The number of halogens is 1. The van der Waals surface area contributed by atoms with Crippen LogP contribution in [0.4, 0.5) is 0 Å². The van der Waals surface area contributed by atoms with E-state index < -0.39 is 11.9 Å². The molecular weight excluding hydrogens is 363 g/mol. The van der Waals surface area contributed by atoms with Crippen LogP contribution in [0, 0.1) is 12.4 Å². The summed E-state index contributed by atoms with van der Waals surface area (Å²) < 4.78 is 0. The number of carboxylic acids is 2. The maximum Gasteiger partial charge on any atom is 1.00 e. The minimum Gasteiger partial charge on any atom is -0.550 e. The Morgan fingerprint density at radius 1 is 0.538 bits per heavy atom. The summed E-state index contributed by atoms with van der Waals surface area (Å²) >= 11 is 0. The summed E-state index contributed by atoms with van der Waals surface area (Å²) in [6.45, 7) is 4.38. The van der Waals surface area contributed by atoms with Gasteiger partial charge in [-0.15, -0.1) is 0 Å². The van der Waals surface area contributed by atoms with Crippen LogP contribution in [-0.4, -0.2) is 11.9 Å². The summed E-state index contributed by atoms with van der Waals surface area (Å²) in [6, 6.07) is 0. The van der Waals surface area contributed by atoms with Crippen LogP contribution >= 0.6 is 0 Å². The molecule has 0 amide bonds. The zero-order chi connectivity index (χ0) is 18.5. The van der Waals surface area contributed by atoms with Crippen LogP contribution in [-0.2, 0) is 9.59 Å². The standard InChI is InChI=1S/2C10H20O2.ClH2.Na/c2*1-2-3-4-5-6-7-8-9-10(11)12;;/h2*2-9H2,1H3,(H,11,12);1H2;/q;;2*+1/p-2. The molecule has 0 radical (unpaired) electrons. The third kappa shape index (κ3) is 39.3. The molecule has 0 N–H and O–H groups in total. The van der Waals surface area contributed by atoms with Gasteiger partial charge in [0.05, 0.1) is 12.4 Å². The second kappa shape index (κ2) is 30.0. The Balaban J connectivity index is -0.000000173. The molecule has 0 bridgehead atoms. The van der Waals surface area contributed by atoms with Crippen molar-refractivity contribution >= 4 is 11.9 Å². The Kier molecular flexibility index (Phi) is 39.0. The van der Waals surface area contributed by atoms with Crippen molar-refractivity contribution in [3.63, 3.8) is 0 Å². The number of carbonyl (C=O) groups is 2. The summed E-state index contributed by atoms with van der Waals surface area (Å²) in [5.41, 5.74) is 0. The first kappa shape index (κ1) is 33.8. The second-order valence-corrected chi connectivity index (χ2v) is 6.49. The van der Waals surface area contributed by atoms with Crippen LogP contribution in [0.25, 0.3) is 0 Å². The third-order valence-corrected chi connectivity index (χ3v) is 3.97. The maximum atomic E-state index is 10.0. The van der Waals surface area contributed by atoms with E-state index in [1.54, 1.807) is 0 Å². The fourth-order valence-electron chi connectivity index (χ4n) is 2.45. The molecule has 6 heteroatoms. The molecule has 0 aromatic rings. The molecule has 0 aliphatic rings. The first-order chi connectivity index (χ1) is 11.5.